The van der Waals surface area contributed by atoms with E-state index in [0.29, 0.717) is 32.1 Å². The molecule has 1 amide bonds. The number of nitrogens with zero attached hydrogens (tertiary/aromatic N) is 5. The minimum absolute atomic E-state index is 0.0697. The van der Waals surface area contributed by atoms with Crippen molar-refractivity contribution in [1.82, 2.24) is 14.9 Å². The van der Waals surface area contributed by atoms with Crippen molar-refractivity contribution in [2.24, 2.45) is 0 Å². The summed E-state index contributed by atoms with van der Waals surface area (Å²) in [7, 11) is 3.96. The van der Waals surface area contributed by atoms with Gasteiger partial charge >= 0.3 is 0 Å². The van der Waals surface area contributed by atoms with Gasteiger partial charge in [0.05, 0.1) is 0 Å². The van der Waals surface area contributed by atoms with Gasteiger partial charge in [-0.1, -0.05) is 23.8 Å². The number of aromatic nitrogens is 2. The van der Waals surface area contributed by atoms with Gasteiger partial charge in [0.15, 0.2) is 0 Å². The fourth-order valence-corrected chi connectivity index (χ4v) is 3.75. The van der Waals surface area contributed by atoms with Crippen molar-refractivity contribution >= 4 is 29.0 Å². The lowest BCUT2D eigenvalue weighted by Crippen LogP contribution is -2.49. The monoisotopic (exact) mass is 430 g/mol. The number of aryl methyl sites for hydroxylation is 2. The predicted molar refractivity (Wildman–Crippen MR) is 130 cm³/mol. The van der Waals surface area contributed by atoms with Crippen LogP contribution in [0.3, 0.4) is 0 Å². The summed E-state index contributed by atoms with van der Waals surface area (Å²) in [5, 5.41) is 3.37. The SMILES string of the molecule is Cc1ccc(Nc2cc(C)nc(N3CCN(C(=O)c4cccc(N(C)C)c4)CC3)n2)cc1. The Morgan fingerprint density at radius 3 is 2.34 bits per heavy atom. The van der Waals surface area contributed by atoms with Crippen LogP contribution in [0.4, 0.5) is 23.1 Å². The third kappa shape index (κ3) is 4.99. The topological polar surface area (TPSA) is 64.6 Å². The molecule has 2 aromatic carbocycles. The van der Waals surface area contributed by atoms with E-state index in [1.807, 2.05) is 73.3 Å². The quantitative estimate of drug-likeness (QED) is 0.663. The molecule has 0 spiro atoms. The Balaban J connectivity index is 1.42. The number of anilines is 4. The number of piperazine rings is 1. The van der Waals surface area contributed by atoms with E-state index < -0.39 is 0 Å². The molecule has 0 atom stereocenters. The summed E-state index contributed by atoms with van der Waals surface area (Å²) in [6, 6.07) is 17.9. The first-order chi connectivity index (χ1) is 15.4. The highest BCUT2D eigenvalue weighted by atomic mass is 16.2. The van der Waals surface area contributed by atoms with E-state index in [4.69, 9.17) is 4.98 Å². The molecule has 1 aromatic heterocycles. The average molecular weight is 431 g/mol. The van der Waals surface area contributed by atoms with Crippen LogP contribution in [0.25, 0.3) is 0 Å². The molecule has 2 heterocycles. The maximum Gasteiger partial charge on any atom is 0.254 e. The van der Waals surface area contributed by atoms with Crippen molar-refractivity contribution in [3.05, 3.63) is 71.4 Å². The smallest absolute Gasteiger partial charge is 0.254 e. The van der Waals surface area contributed by atoms with Crippen LogP contribution in [-0.4, -0.2) is 61.0 Å². The molecule has 1 saturated heterocycles. The molecular weight excluding hydrogens is 400 g/mol. The van der Waals surface area contributed by atoms with Crippen molar-refractivity contribution in [1.29, 1.82) is 0 Å². The molecule has 0 unspecified atom stereocenters. The molecule has 1 fully saturated rings. The predicted octanol–water partition coefficient (Wildman–Crippen LogP) is 3.87. The molecule has 32 heavy (non-hydrogen) atoms. The molecule has 0 radical (unpaired) electrons. The van der Waals surface area contributed by atoms with Gasteiger partial charge in [-0.15, -0.1) is 0 Å². The Bertz CT molecular complexity index is 1090. The summed E-state index contributed by atoms with van der Waals surface area (Å²) in [6.07, 6.45) is 0. The lowest BCUT2D eigenvalue weighted by atomic mass is 10.1. The van der Waals surface area contributed by atoms with E-state index in [-0.39, 0.29) is 5.91 Å². The van der Waals surface area contributed by atoms with Crippen LogP contribution in [0.15, 0.2) is 54.6 Å². The Kier molecular flexibility index (Phi) is 6.25. The second kappa shape index (κ2) is 9.26. The number of amides is 1. The summed E-state index contributed by atoms with van der Waals surface area (Å²) in [5.74, 6) is 1.54. The summed E-state index contributed by atoms with van der Waals surface area (Å²) >= 11 is 0. The normalized spacial score (nSPS) is 13.8. The zero-order valence-corrected chi connectivity index (χ0v) is 19.2. The van der Waals surface area contributed by atoms with Crippen LogP contribution >= 0.6 is 0 Å². The van der Waals surface area contributed by atoms with Gasteiger partial charge in [-0.3, -0.25) is 4.79 Å². The van der Waals surface area contributed by atoms with Crippen molar-refractivity contribution in [2.75, 3.05) is 55.4 Å². The van der Waals surface area contributed by atoms with Gasteiger partial charge < -0.3 is 20.0 Å². The van der Waals surface area contributed by atoms with E-state index in [2.05, 4.69) is 34.3 Å². The number of nitrogens with one attached hydrogen (secondary N) is 1. The zero-order valence-electron chi connectivity index (χ0n) is 19.2. The molecule has 0 saturated carbocycles. The van der Waals surface area contributed by atoms with Gasteiger partial charge in [0.25, 0.3) is 5.91 Å². The molecule has 1 aliphatic heterocycles. The highest BCUT2D eigenvalue weighted by Crippen LogP contribution is 2.21. The summed E-state index contributed by atoms with van der Waals surface area (Å²) in [4.78, 5) is 28.4. The average Bonchev–Trinajstić information content (AvgIpc) is 2.80. The lowest BCUT2D eigenvalue weighted by molar-refractivity contribution is 0.0746. The second-order valence-corrected chi connectivity index (χ2v) is 8.41. The number of benzene rings is 2. The highest BCUT2D eigenvalue weighted by Gasteiger charge is 2.24. The number of hydrogen-bond acceptors (Lipinski definition) is 6. The van der Waals surface area contributed by atoms with E-state index >= 15 is 0 Å². The number of hydrogen-bond donors (Lipinski definition) is 1. The van der Waals surface area contributed by atoms with Gasteiger partial charge in [0.1, 0.15) is 5.82 Å². The summed E-state index contributed by atoms with van der Waals surface area (Å²) in [5.41, 5.74) is 4.87. The maximum absolute atomic E-state index is 13.0. The third-order valence-electron chi connectivity index (χ3n) is 5.63. The van der Waals surface area contributed by atoms with E-state index in [1.165, 1.54) is 5.56 Å². The van der Waals surface area contributed by atoms with Gasteiger partial charge in [-0.05, 0) is 44.2 Å². The Hall–Kier alpha value is -3.61. The fourth-order valence-electron chi connectivity index (χ4n) is 3.75. The largest absolute Gasteiger partial charge is 0.378 e. The first-order valence-electron chi connectivity index (χ1n) is 10.9. The summed E-state index contributed by atoms with van der Waals surface area (Å²) < 4.78 is 0. The molecular formula is C25H30N6O. The van der Waals surface area contributed by atoms with Gasteiger partial charge in [-0.2, -0.15) is 4.98 Å². The van der Waals surface area contributed by atoms with Crippen molar-refractivity contribution < 1.29 is 4.79 Å². The van der Waals surface area contributed by atoms with Gasteiger partial charge in [-0.25, -0.2) is 4.98 Å². The molecule has 1 aliphatic rings. The molecule has 7 nitrogen and oxygen atoms in total. The standard InChI is InChI=1S/C25H30N6O/c1-18-8-10-21(11-9-18)27-23-16-19(2)26-25(28-23)31-14-12-30(13-15-31)24(32)20-6-5-7-22(17-20)29(3)4/h5-11,16-17H,12-15H2,1-4H3,(H,26,27,28). The molecule has 4 rings (SSSR count). The Labute approximate surface area is 189 Å². The molecule has 3 aromatic rings. The minimum atomic E-state index is 0.0697. The second-order valence-electron chi connectivity index (χ2n) is 8.41. The van der Waals surface area contributed by atoms with Crippen molar-refractivity contribution in [2.45, 2.75) is 13.8 Å². The first kappa shape index (κ1) is 21.6. The number of carbonyl (C=O) groups is 1. The molecule has 166 valence electrons. The van der Waals surface area contributed by atoms with E-state index in [1.54, 1.807) is 0 Å². The van der Waals surface area contributed by atoms with Crippen molar-refractivity contribution in [3.8, 4) is 0 Å². The van der Waals surface area contributed by atoms with E-state index in [9.17, 15) is 4.79 Å². The van der Waals surface area contributed by atoms with Crippen molar-refractivity contribution in [3.63, 3.8) is 0 Å². The van der Waals surface area contributed by atoms with Crippen LogP contribution in [0, 0.1) is 13.8 Å². The van der Waals surface area contributed by atoms with E-state index in [0.717, 1.165) is 28.5 Å². The zero-order chi connectivity index (χ0) is 22.7. The third-order valence-corrected chi connectivity index (χ3v) is 5.63. The summed E-state index contributed by atoms with van der Waals surface area (Å²) in [6.45, 7) is 6.73. The number of carbonyl (C=O) groups excluding carboxylic acids is 1. The Morgan fingerprint density at radius 1 is 0.938 bits per heavy atom. The van der Waals surface area contributed by atoms with Gasteiger partial charge in [0.2, 0.25) is 5.95 Å². The lowest BCUT2D eigenvalue weighted by Gasteiger charge is -2.35. The number of rotatable bonds is 5. The fraction of sp³-hybridized carbons (Fsp3) is 0.320. The minimum Gasteiger partial charge on any atom is -0.378 e. The highest BCUT2D eigenvalue weighted by molar-refractivity contribution is 5.95. The van der Waals surface area contributed by atoms with Crippen LogP contribution in [0.1, 0.15) is 21.6 Å². The van der Waals surface area contributed by atoms with Gasteiger partial charge in [0, 0.05) is 69.0 Å². The maximum atomic E-state index is 13.0. The molecule has 0 bridgehead atoms. The molecule has 7 heteroatoms. The first-order valence-corrected chi connectivity index (χ1v) is 10.9. The van der Waals surface area contributed by atoms with Crippen LogP contribution < -0.4 is 15.1 Å². The van der Waals surface area contributed by atoms with Crippen LogP contribution in [0.5, 0.6) is 0 Å². The Morgan fingerprint density at radius 2 is 1.66 bits per heavy atom. The molecule has 0 aliphatic carbocycles. The molecule has 1 N–H and O–H groups in total. The van der Waals surface area contributed by atoms with Crippen LogP contribution in [0.2, 0.25) is 0 Å². The van der Waals surface area contributed by atoms with Crippen LogP contribution in [-0.2, 0) is 0 Å².